The molecule has 6 N–H and O–H groups in total. The van der Waals surface area contributed by atoms with Crippen molar-refractivity contribution in [1.82, 2.24) is 37.0 Å². The standard InChI is InChI=1S/C67H96ClN7O20/c1-41(2)36-52-65(85)92-50(15-12-16-54(77)72-49(38-45-21-24-51(88-9)47(68)37-45)63(83)71-40-67(6,7)66(86)93-52)43(5)60-61(94-60)46-22-19-44(20-23-46)39-70-62(82)48(14-10-11-28-69-53(76)27-29-89-32-33-91-35-34-90-31-30-87-8)73-64(84)59(42(3)4)74-55(78)17-13-18-58(81)95-75-56(79)25-26-57(75)80/h12,16,19-24,37,41-43,48-50,52,59-61H,10-11,13-15,17-18,25-36,38-40H2,1-9H3,(H,69,76)(H,70,82)(H,71,83)(H,72,77)(H,73,84)(H,74,78)/b16-12-/t43-,48-,49+,50-,52-,59-,60+,61+/m0/s1. The fourth-order valence-corrected chi connectivity index (χ4v) is 10.4. The van der Waals surface area contributed by atoms with Crippen LogP contribution in [0.4, 0.5) is 0 Å². The van der Waals surface area contributed by atoms with E-state index >= 15 is 0 Å². The zero-order valence-electron chi connectivity index (χ0n) is 56.0. The summed E-state index contributed by atoms with van der Waals surface area (Å²) in [5.41, 5.74) is 0.808. The predicted octanol–water partition coefficient (Wildman–Crippen LogP) is 4.52. The first-order chi connectivity index (χ1) is 45.3. The lowest BCUT2D eigenvalue weighted by Gasteiger charge is -2.29. The lowest BCUT2D eigenvalue weighted by molar-refractivity contribution is -0.197. The van der Waals surface area contributed by atoms with Crippen LogP contribution in [-0.2, 0) is 104 Å². The van der Waals surface area contributed by atoms with Gasteiger partial charge in [0, 0.05) is 77.6 Å². The summed E-state index contributed by atoms with van der Waals surface area (Å²) >= 11 is 6.40. The number of nitrogens with one attached hydrogen (secondary N) is 6. The smallest absolute Gasteiger partial charge is 0.347 e. The average molecular weight is 1350 g/mol. The molecule has 0 bridgehead atoms. The van der Waals surface area contributed by atoms with Gasteiger partial charge in [-0.3, -0.25) is 43.2 Å². The van der Waals surface area contributed by atoms with Crippen molar-refractivity contribution in [2.75, 3.05) is 73.6 Å². The molecule has 3 aliphatic heterocycles. The Morgan fingerprint density at radius 1 is 0.747 bits per heavy atom. The van der Waals surface area contributed by atoms with Crippen molar-refractivity contribution in [3.63, 3.8) is 0 Å². The third-order valence-electron chi connectivity index (χ3n) is 15.8. The first-order valence-corrected chi connectivity index (χ1v) is 32.8. The van der Waals surface area contributed by atoms with E-state index < -0.39 is 119 Å². The number of nitrogens with zero attached hydrogens (tertiary/aromatic N) is 1. The summed E-state index contributed by atoms with van der Waals surface area (Å²) < 4.78 is 44.8. The molecule has 3 aliphatic rings. The Kier molecular flexibility index (Phi) is 33.0. The van der Waals surface area contributed by atoms with Gasteiger partial charge in [-0.05, 0) is 92.7 Å². The minimum absolute atomic E-state index is 0.00848. The van der Waals surface area contributed by atoms with E-state index in [-0.39, 0.29) is 102 Å². The van der Waals surface area contributed by atoms with Crippen LogP contribution in [0, 0.1) is 23.2 Å². The van der Waals surface area contributed by atoms with E-state index in [1.165, 1.54) is 13.2 Å². The van der Waals surface area contributed by atoms with E-state index in [9.17, 15) is 52.7 Å². The first kappa shape index (κ1) is 78.1. The minimum atomic E-state index is -1.31. The Morgan fingerprint density at radius 2 is 1.41 bits per heavy atom. The molecule has 0 radical (unpaired) electrons. The summed E-state index contributed by atoms with van der Waals surface area (Å²) in [5, 5.41) is 17.6. The zero-order valence-corrected chi connectivity index (χ0v) is 56.8. The van der Waals surface area contributed by atoms with Crippen LogP contribution in [0.1, 0.15) is 142 Å². The summed E-state index contributed by atoms with van der Waals surface area (Å²) in [5.74, 6) is -7.30. The maximum absolute atomic E-state index is 14.1. The van der Waals surface area contributed by atoms with Crippen molar-refractivity contribution in [1.29, 1.82) is 0 Å². The summed E-state index contributed by atoms with van der Waals surface area (Å²) in [6, 6.07) is 9.07. The molecule has 0 unspecified atom stereocenters. The summed E-state index contributed by atoms with van der Waals surface area (Å²) in [4.78, 5) is 150. The number of unbranched alkanes of at least 4 members (excludes halogenated alkanes) is 1. The number of methoxy groups -OCH3 is 2. The zero-order chi connectivity index (χ0) is 69.6. The van der Waals surface area contributed by atoms with Crippen LogP contribution in [0.3, 0.4) is 0 Å². The van der Waals surface area contributed by atoms with Gasteiger partial charge in [-0.1, -0.05) is 82.6 Å². The van der Waals surface area contributed by atoms with Crippen molar-refractivity contribution in [2.24, 2.45) is 23.2 Å². The number of rotatable bonds is 37. The fourth-order valence-electron chi connectivity index (χ4n) is 10.1. The number of esters is 2. The van der Waals surface area contributed by atoms with E-state index in [1.807, 2.05) is 45.0 Å². The van der Waals surface area contributed by atoms with Crippen molar-refractivity contribution in [3.05, 3.63) is 76.3 Å². The van der Waals surface area contributed by atoms with E-state index in [0.717, 1.165) is 5.56 Å². The van der Waals surface area contributed by atoms with Gasteiger partial charge < -0.3 is 74.6 Å². The number of hydrogen-bond donors (Lipinski definition) is 6. The average Bonchev–Trinajstić information content (AvgIpc) is 1.64. The summed E-state index contributed by atoms with van der Waals surface area (Å²) in [7, 11) is 3.07. The number of hydrogen-bond acceptors (Lipinski definition) is 20. The van der Waals surface area contributed by atoms with Gasteiger partial charge in [0.1, 0.15) is 36.1 Å². The summed E-state index contributed by atoms with van der Waals surface area (Å²) in [6.07, 6.45) is 0.527. The van der Waals surface area contributed by atoms with Gasteiger partial charge in [0.05, 0.1) is 69.9 Å². The Balaban J connectivity index is 1.22. The number of halogens is 1. The van der Waals surface area contributed by atoms with Crippen LogP contribution in [0.15, 0.2) is 54.6 Å². The van der Waals surface area contributed by atoms with Crippen LogP contribution < -0.4 is 36.6 Å². The number of epoxide rings is 1. The van der Waals surface area contributed by atoms with Gasteiger partial charge in [-0.2, -0.15) is 0 Å². The maximum Gasteiger partial charge on any atom is 0.347 e. The molecular weight excluding hydrogens is 1260 g/mol. The number of benzene rings is 2. The third kappa shape index (κ3) is 27.2. The van der Waals surface area contributed by atoms with Gasteiger partial charge in [-0.15, -0.1) is 5.06 Å². The molecule has 8 atom stereocenters. The highest BCUT2D eigenvalue weighted by Gasteiger charge is 2.48. The van der Waals surface area contributed by atoms with Gasteiger partial charge in [0.15, 0.2) is 6.10 Å². The van der Waals surface area contributed by atoms with Crippen molar-refractivity contribution in [3.8, 4) is 5.75 Å². The molecule has 28 heteroatoms. The Morgan fingerprint density at radius 3 is 2.05 bits per heavy atom. The topological polar surface area (TPSA) is 350 Å². The number of hydroxylamine groups is 2. The van der Waals surface area contributed by atoms with Crippen molar-refractivity contribution >= 4 is 76.8 Å². The lowest BCUT2D eigenvalue weighted by Crippen LogP contribution is -2.55. The molecule has 3 heterocycles. The number of ether oxygens (including phenoxy) is 8. The molecule has 2 saturated heterocycles. The highest BCUT2D eigenvalue weighted by atomic mass is 35.5. The number of cyclic esters (lactones) is 2. The van der Waals surface area contributed by atoms with Crippen LogP contribution in [-0.4, -0.2) is 180 Å². The Labute approximate surface area is 560 Å². The number of carbonyl (C=O) groups excluding carboxylic acids is 11. The van der Waals surface area contributed by atoms with Crippen molar-refractivity contribution < 1.29 is 95.5 Å². The first-order valence-electron chi connectivity index (χ1n) is 32.5. The molecule has 2 aromatic rings. The van der Waals surface area contributed by atoms with Gasteiger partial charge in [0.25, 0.3) is 11.8 Å². The molecule has 8 amide bonds. The van der Waals surface area contributed by atoms with Crippen LogP contribution >= 0.6 is 11.6 Å². The molecular formula is C67H96ClN7O20. The second kappa shape index (κ2) is 40.1. The third-order valence-corrected chi connectivity index (χ3v) is 16.1. The predicted molar refractivity (Wildman–Crippen MR) is 344 cm³/mol. The quantitative estimate of drug-likeness (QED) is 0.0234. The number of imide groups is 1. The van der Waals surface area contributed by atoms with Crippen LogP contribution in [0.2, 0.25) is 5.02 Å². The lowest BCUT2D eigenvalue weighted by atomic mass is 9.92. The number of carbonyl (C=O) groups is 11. The monoisotopic (exact) mass is 1350 g/mol. The van der Waals surface area contributed by atoms with E-state index in [4.69, 9.17) is 54.3 Å². The molecule has 0 aliphatic carbocycles. The molecule has 27 nitrogen and oxygen atoms in total. The second-order valence-corrected chi connectivity index (χ2v) is 25.4. The SMILES string of the molecule is COCCOCCOCCOCCC(=O)NCCCC[C@H](NC(=O)[C@@H](NC(=O)CCCC(=O)ON1C(=O)CCC1=O)C(C)C)C(=O)NCc1ccc([C@H]2O[C@@H]2[C@@H](C)[C@@H]2C/C=C\C(=O)N[C@H](Cc3ccc(OC)c(Cl)c3)C(=O)NCC(C)(C)C(=O)O[C@@H](CC(C)C)C(=O)O2)cc1. The molecule has 0 spiro atoms. The molecule has 526 valence electrons. The molecule has 2 fully saturated rings. The molecule has 0 aromatic heterocycles. The van der Waals surface area contributed by atoms with Gasteiger partial charge >= 0.3 is 17.9 Å². The second-order valence-electron chi connectivity index (χ2n) is 25.0. The van der Waals surface area contributed by atoms with E-state index in [1.54, 1.807) is 59.1 Å². The fraction of sp³-hybridized carbons (Fsp3) is 0.627. The highest BCUT2D eigenvalue weighted by Crippen LogP contribution is 2.45. The van der Waals surface area contributed by atoms with Crippen LogP contribution in [0.5, 0.6) is 5.75 Å². The van der Waals surface area contributed by atoms with Gasteiger partial charge in [0.2, 0.25) is 35.4 Å². The molecule has 0 saturated carbocycles. The highest BCUT2D eigenvalue weighted by molar-refractivity contribution is 6.32. The molecule has 5 rings (SSSR count). The van der Waals surface area contributed by atoms with Crippen molar-refractivity contribution in [2.45, 2.75) is 175 Å². The minimum Gasteiger partial charge on any atom is -0.495 e. The molecule has 2 aromatic carbocycles. The molecule has 95 heavy (non-hydrogen) atoms. The normalized spacial score (nSPS) is 20.5. The Bertz CT molecular complexity index is 2930. The maximum atomic E-state index is 14.1. The largest absolute Gasteiger partial charge is 0.495 e. The summed E-state index contributed by atoms with van der Waals surface area (Å²) in [6.45, 7) is 15.0. The van der Waals surface area contributed by atoms with Gasteiger partial charge in [-0.25, -0.2) is 9.59 Å². The Hall–Kier alpha value is -7.56. The van der Waals surface area contributed by atoms with E-state index in [0.29, 0.717) is 79.4 Å². The van der Waals surface area contributed by atoms with Crippen LogP contribution in [0.25, 0.3) is 0 Å². The number of amides is 8. The van der Waals surface area contributed by atoms with E-state index in [2.05, 4.69) is 31.9 Å².